The average molecular weight is 136 g/mol. The Bertz CT molecular complexity index is 169. The van der Waals surface area contributed by atoms with E-state index in [0.29, 0.717) is 0 Å². The third-order valence-electron chi connectivity index (χ3n) is 1.55. The molecule has 0 amide bonds. The first-order valence-corrected chi connectivity index (χ1v) is 3.31. The molecule has 0 bridgehead atoms. The van der Waals surface area contributed by atoms with Crippen LogP contribution in [0.15, 0.2) is 0 Å². The standard InChI is InChI=1S/C7H8N2O/c8-4-6-2-1-3-7(5-9)10-6/h6-7H,1-3H2. The molecule has 3 heteroatoms. The van der Waals surface area contributed by atoms with Crippen LogP contribution in [0.4, 0.5) is 0 Å². The number of nitrogens with zero attached hydrogens (tertiary/aromatic N) is 2. The highest BCUT2D eigenvalue weighted by Crippen LogP contribution is 2.17. The molecule has 0 aromatic heterocycles. The molecule has 1 aliphatic rings. The Hall–Kier alpha value is -1.06. The SMILES string of the molecule is N#CC1CCCC(C#N)O1. The summed E-state index contributed by atoms with van der Waals surface area (Å²) in [7, 11) is 0. The van der Waals surface area contributed by atoms with Crippen LogP contribution in [0.25, 0.3) is 0 Å². The normalized spacial score (nSPS) is 32.2. The van der Waals surface area contributed by atoms with E-state index < -0.39 is 0 Å². The summed E-state index contributed by atoms with van der Waals surface area (Å²) >= 11 is 0. The maximum atomic E-state index is 8.42. The van der Waals surface area contributed by atoms with Gasteiger partial charge in [0.25, 0.3) is 0 Å². The molecule has 1 heterocycles. The van der Waals surface area contributed by atoms with E-state index in [0.717, 1.165) is 19.3 Å². The molecule has 1 fully saturated rings. The Balaban J connectivity index is 2.43. The first kappa shape index (κ1) is 7.05. The van der Waals surface area contributed by atoms with Crippen molar-refractivity contribution in [3.05, 3.63) is 0 Å². The molecule has 1 aliphatic heterocycles. The van der Waals surface area contributed by atoms with Crippen LogP contribution in [0.5, 0.6) is 0 Å². The zero-order chi connectivity index (χ0) is 7.40. The van der Waals surface area contributed by atoms with Crippen LogP contribution < -0.4 is 0 Å². The van der Waals surface area contributed by atoms with E-state index in [1.165, 1.54) is 0 Å². The molecular formula is C7H8N2O. The summed E-state index contributed by atoms with van der Waals surface area (Å²) in [6.45, 7) is 0. The van der Waals surface area contributed by atoms with E-state index in [1.807, 2.05) is 12.1 Å². The summed E-state index contributed by atoms with van der Waals surface area (Å²) in [5.74, 6) is 0. The second kappa shape index (κ2) is 3.20. The van der Waals surface area contributed by atoms with Gasteiger partial charge in [0, 0.05) is 0 Å². The predicted octanol–water partition coefficient (Wildman–Crippen LogP) is 0.971. The molecule has 0 N–H and O–H groups in total. The first-order chi connectivity index (χ1) is 4.86. The lowest BCUT2D eigenvalue weighted by Crippen LogP contribution is -2.24. The van der Waals surface area contributed by atoms with E-state index in [1.54, 1.807) is 0 Å². The molecule has 2 atom stereocenters. The van der Waals surface area contributed by atoms with E-state index >= 15 is 0 Å². The lowest BCUT2D eigenvalue weighted by Gasteiger charge is -2.20. The molecule has 52 valence electrons. The molecule has 0 aliphatic carbocycles. The van der Waals surface area contributed by atoms with Gasteiger partial charge in [-0.1, -0.05) is 0 Å². The summed E-state index contributed by atoms with van der Waals surface area (Å²) < 4.78 is 5.06. The maximum Gasteiger partial charge on any atom is 0.145 e. The third-order valence-corrected chi connectivity index (χ3v) is 1.55. The summed E-state index contributed by atoms with van der Waals surface area (Å²) in [6.07, 6.45) is 1.77. The highest BCUT2D eigenvalue weighted by Gasteiger charge is 2.20. The van der Waals surface area contributed by atoms with Crippen molar-refractivity contribution >= 4 is 0 Å². The highest BCUT2D eigenvalue weighted by molar-refractivity contribution is 4.94. The summed E-state index contributed by atoms with van der Waals surface area (Å²) in [5, 5.41) is 16.8. The van der Waals surface area contributed by atoms with Crippen LogP contribution >= 0.6 is 0 Å². The van der Waals surface area contributed by atoms with Crippen LogP contribution in [-0.2, 0) is 4.74 Å². The van der Waals surface area contributed by atoms with Gasteiger partial charge in [-0.2, -0.15) is 10.5 Å². The van der Waals surface area contributed by atoms with Gasteiger partial charge in [-0.25, -0.2) is 0 Å². The Morgan fingerprint density at radius 1 is 1.10 bits per heavy atom. The Morgan fingerprint density at radius 2 is 1.60 bits per heavy atom. The Labute approximate surface area is 59.8 Å². The minimum atomic E-state index is -0.349. The zero-order valence-corrected chi connectivity index (χ0v) is 5.58. The molecule has 0 aromatic carbocycles. The number of ether oxygens (including phenoxy) is 1. The minimum absolute atomic E-state index is 0.349. The van der Waals surface area contributed by atoms with Gasteiger partial charge >= 0.3 is 0 Å². The lowest BCUT2D eigenvalue weighted by molar-refractivity contribution is 0.0103. The molecule has 2 unspecified atom stereocenters. The van der Waals surface area contributed by atoms with Crippen molar-refractivity contribution in [3.8, 4) is 12.1 Å². The molecule has 1 saturated heterocycles. The minimum Gasteiger partial charge on any atom is -0.345 e. The van der Waals surface area contributed by atoms with Gasteiger partial charge < -0.3 is 4.74 Å². The van der Waals surface area contributed by atoms with Gasteiger partial charge in [-0.3, -0.25) is 0 Å². The predicted molar refractivity (Wildman–Crippen MR) is 33.7 cm³/mol. The van der Waals surface area contributed by atoms with Crippen molar-refractivity contribution in [2.45, 2.75) is 31.5 Å². The molecular weight excluding hydrogens is 128 g/mol. The van der Waals surface area contributed by atoms with Gasteiger partial charge in [0.2, 0.25) is 0 Å². The maximum absolute atomic E-state index is 8.42. The largest absolute Gasteiger partial charge is 0.345 e. The van der Waals surface area contributed by atoms with Gasteiger partial charge in [0.1, 0.15) is 12.2 Å². The van der Waals surface area contributed by atoms with Crippen molar-refractivity contribution in [1.29, 1.82) is 10.5 Å². The van der Waals surface area contributed by atoms with Gasteiger partial charge in [0.15, 0.2) is 0 Å². The average Bonchev–Trinajstić information content (AvgIpc) is 2.05. The lowest BCUT2D eigenvalue weighted by atomic mass is 10.1. The summed E-state index contributed by atoms with van der Waals surface area (Å²) in [6, 6.07) is 3.99. The number of hydrogen-bond acceptors (Lipinski definition) is 3. The summed E-state index contributed by atoms with van der Waals surface area (Å²) in [5.41, 5.74) is 0. The highest BCUT2D eigenvalue weighted by atomic mass is 16.5. The molecule has 0 spiro atoms. The quantitative estimate of drug-likeness (QED) is 0.498. The third kappa shape index (κ3) is 1.46. The van der Waals surface area contributed by atoms with Gasteiger partial charge in [0.05, 0.1) is 12.1 Å². The van der Waals surface area contributed by atoms with Crippen molar-refractivity contribution < 1.29 is 4.74 Å². The van der Waals surface area contributed by atoms with E-state index in [9.17, 15) is 0 Å². The fourth-order valence-electron chi connectivity index (χ4n) is 1.01. The summed E-state index contributed by atoms with van der Waals surface area (Å²) in [4.78, 5) is 0. The molecule has 0 saturated carbocycles. The fraction of sp³-hybridized carbons (Fsp3) is 0.714. The topological polar surface area (TPSA) is 56.8 Å². The first-order valence-electron chi connectivity index (χ1n) is 3.31. The smallest absolute Gasteiger partial charge is 0.145 e. The van der Waals surface area contributed by atoms with E-state index in [-0.39, 0.29) is 12.2 Å². The van der Waals surface area contributed by atoms with Crippen LogP contribution in [-0.4, -0.2) is 12.2 Å². The van der Waals surface area contributed by atoms with Gasteiger partial charge in [-0.15, -0.1) is 0 Å². The van der Waals surface area contributed by atoms with Crippen LogP contribution in [0, 0.1) is 22.7 Å². The fourth-order valence-corrected chi connectivity index (χ4v) is 1.01. The zero-order valence-electron chi connectivity index (χ0n) is 5.58. The Kier molecular flexibility index (Phi) is 2.25. The van der Waals surface area contributed by atoms with E-state index in [4.69, 9.17) is 15.3 Å². The molecule has 0 aromatic rings. The number of hydrogen-bond donors (Lipinski definition) is 0. The van der Waals surface area contributed by atoms with Crippen LogP contribution in [0.1, 0.15) is 19.3 Å². The van der Waals surface area contributed by atoms with Gasteiger partial charge in [-0.05, 0) is 19.3 Å². The van der Waals surface area contributed by atoms with Crippen molar-refractivity contribution in [2.75, 3.05) is 0 Å². The number of nitriles is 2. The Morgan fingerprint density at radius 3 is 2.00 bits per heavy atom. The monoisotopic (exact) mass is 136 g/mol. The van der Waals surface area contributed by atoms with Crippen molar-refractivity contribution in [3.63, 3.8) is 0 Å². The van der Waals surface area contributed by atoms with Crippen molar-refractivity contribution in [1.82, 2.24) is 0 Å². The molecule has 3 nitrogen and oxygen atoms in total. The van der Waals surface area contributed by atoms with Crippen LogP contribution in [0.3, 0.4) is 0 Å². The molecule has 10 heavy (non-hydrogen) atoms. The molecule has 1 rings (SSSR count). The molecule has 0 radical (unpaired) electrons. The van der Waals surface area contributed by atoms with E-state index in [2.05, 4.69) is 0 Å². The second-order valence-electron chi connectivity index (χ2n) is 2.30. The van der Waals surface area contributed by atoms with Crippen molar-refractivity contribution in [2.24, 2.45) is 0 Å². The second-order valence-corrected chi connectivity index (χ2v) is 2.30. The number of rotatable bonds is 0. The van der Waals surface area contributed by atoms with Crippen LogP contribution in [0.2, 0.25) is 0 Å².